The Morgan fingerprint density at radius 2 is 2.29 bits per heavy atom. The van der Waals surface area contributed by atoms with E-state index in [9.17, 15) is 14.9 Å². The third kappa shape index (κ3) is 4.16. The van der Waals surface area contributed by atoms with Crippen LogP contribution >= 0.6 is 0 Å². The van der Waals surface area contributed by atoms with Crippen molar-refractivity contribution in [1.82, 2.24) is 5.32 Å². The van der Waals surface area contributed by atoms with E-state index in [2.05, 4.69) is 5.32 Å². The van der Waals surface area contributed by atoms with Gasteiger partial charge in [0.1, 0.15) is 5.75 Å². The molecular weight excluding hydrogens is 274 g/mol. The fourth-order valence-electron chi connectivity index (χ4n) is 2.09. The number of benzene rings is 1. The summed E-state index contributed by atoms with van der Waals surface area (Å²) in [5.41, 5.74) is 5.84. The van der Waals surface area contributed by atoms with Gasteiger partial charge < -0.3 is 15.8 Å². The third-order valence-electron chi connectivity index (χ3n) is 3.47. The molecule has 1 atom stereocenters. The average molecular weight is 293 g/mol. The van der Waals surface area contributed by atoms with Crippen LogP contribution in [0.2, 0.25) is 0 Å². The Hall–Kier alpha value is -2.15. The van der Waals surface area contributed by atoms with Crippen LogP contribution in [0, 0.1) is 17.0 Å². The first-order valence-corrected chi connectivity index (χ1v) is 6.91. The van der Waals surface area contributed by atoms with Crippen LogP contribution in [0.15, 0.2) is 18.2 Å². The van der Waals surface area contributed by atoms with Crippen molar-refractivity contribution in [2.75, 3.05) is 6.61 Å². The smallest absolute Gasteiger partial charge is 0.276 e. The maximum atomic E-state index is 11.3. The lowest BCUT2D eigenvalue weighted by Gasteiger charge is -2.16. The molecule has 1 aliphatic rings. The Morgan fingerprint density at radius 3 is 2.86 bits per heavy atom. The zero-order chi connectivity index (χ0) is 15.4. The molecule has 3 N–H and O–H groups in total. The number of hydrogen-bond donors (Lipinski definition) is 2. The number of nitrogens with two attached hydrogens (primary N) is 1. The molecule has 0 saturated heterocycles. The number of hydrogen-bond acceptors (Lipinski definition) is 5. The van der Waals surface area contributed by atoms with Crippen molar-refractivity contribution >= 4 is 11.6 Å². The Labute approximate surface area is 122 Å². The second-order valence-electron chi connectivity index (χ2n) is 5.19. The van der Waals surface area contributed by atoms with Gasteiger partial charge in [0.2, 0.25) is 5.91 Å². The van der Waals surface area contributed by atoms with E-state index in [1.165, 1.54) is 6.07 Å². The summed E-state index contributed by atoms with van der Waals surface area (Å²) in [6, 6.07) is 4.64. The van der Waals surface area contributed by atoms with Crippen LogP contribution in [0.25, 0.3) is 0 Å². The van der Waals surface area contributed by atoms with Gasteiger partial charge in [-0.15, -0.1) is 0 Å². The Bertz CT molecular complexity index is 543. The van der Waals surface area contributed by atoms with Gasteiger partial charge in [-0.25, -0.2) is 0 Å². The van der Waals surface area contributed by atoms with E-state index in [4.69, 9.17) is 10.5 Å². The van der Waals surface area contributed by atoms with Crippen molar-refractivity contribution in [2.45, 2.75) is 38.3 Å². The molecule has 0 spiro atoms. The van der Waals surface area contributed by atoms with Gasteiger partial charge in [0.15, 0.2) is 0 Å². The summed E-state index contributed by atoms with van der Waals surface area (Å²) in [6.07, 6.45) is 2.57. The van der Waals surface area contributed by atoms with Crippen LogP contribution in [0.4, 0.5) is 5.69 Å². The van der Waals surface area contributed by atoms with E-state index in [1.807, 2.05) is 0 Å². The number of nitrogens with zero attached hydrogens (tertiary/aromatic N) is 1. The number of amides is 1. The molecule has 2 rings (SSSR count). The predicted molar refractivity (Wildman–Crippen MR) is 77.1 cm³/mol. The van der Waals surface area contributed by atoms with E-state index < -0.39 is 16.9 Å². The molecule has 0 bridgehead atoms. The predicted octanol–water partition coefficient (Wildman–Crippen LogP) is 1.28. The molecule has 1 aromatic carbocycles. The number of ether oxygens (including phenoxy) is 1. The minimum atomic E-state index is -0.441. The van der Waals surface area contributed by atoms with Gasteiger partial charge in [0, 0.05) is 18.5 Å². The van der Waals surface area contributed by atoms with E-state index in [1.54, 1.807) is 19.1 Å². The molecule has 0 aliphatic heterocycles. The van der Waals surface area contributed by atoms with Crippen LogP contribution in [0.1, 0.15) is 24.8 Å². The molecule has 0 heterocycles. The van der Waals surface area contributed by atoms with Crippen molar-refractivity contribution < 1.29 is 14.5 Å². The fourth-order valence-corrected chi connectivity index (χ4v) is 2.09. The lowest BCUT2D eigenvalue weighted by molar-refractivity contribution is -0.385. The van der Waals surface area contributed by atoms with Crippen molar-refractivity contribution in [3.63, 3.8) is 0 Å². The van der Waals surface area contributed by atoms with Gasteiger partial charge >= 0.3 is 0 Å². The summed E-state index contributed by atoms with van der Waals surface area (Å²) >= 11 is 0. The molecule has 1 saturated carbocycles. The maximum absolute atomic E-state index is 11.3. The number of carbonyl (C=O) groups excluding carboxylic acids is 1. The molecule has 1 aromatic rings. The molecule has 114 valence electrons. The SMILES string of the molecule is Cc1c(OCCC(NC2CC2)C(N)=O)cccc1[N+](=O)[O-]. The molecule has 21 heavy (non-hydrogen) atoms. The normalized spacial score (nSPS) is 15.5. The zero-order valence-electron chi connectivity index (χ0n) is 11.9. The second kappa shape index (κ2) is 6.53. The Morgan fingerprint density at radius 1 is 1.57 bits per heavy atom. The van der Waals surface area contributed by atoms with Gasteiger partial charge in [-0.2, -0.15) is 0 Å². The molecule has 7 nitrogen and oxygen atoms in total. The standard InChI is InChI=1S/C14H19N3O4/c1-9-12(17(19)20)3-2-4-13(9)21-8-7-11(14(15)18)16-10-5-6-10/h2-4,10-11,16H,5-8H2,1H3,(H2,15,18). The van der Waals surface area contributed by atoms with Crippen LogP contribution in [-0.2, 0) is 4.79 Å². The number of rotatable bonds is 8. The van der Waals surface area contributed by atoms with Gasteiger partial charge in [-0.1, -0.05) is 6.07 Å². The minimum Gasteiger partial charge on any atom is -0.493 e. The minimum absolute atomic E-state index is 0.0232. The lowest BCUT2D eigenvalue weighted by atomic mass is 10.1. The topological polar surface area (TPSA) is 107 Å². The number of nitrogens with one attached hydrogen (secondary N) is 1. The summed E-state index contributed by atoms with van der Waals surface area (Å²) in [5.74, 6) is 0.0557. The quantitative estimate of drug-likeness (QED) is 0.554. The van der Waals surface area contributed by atoms with Crippen LogP contribution in [0.3, 0.4) is 0 Å². The zero-order valence-corrected chi connectivity index (χ0v) is 11.9. The van der Waals surface area contributed by atoms with Gasteiger partial charge in [-0.05, 0) is 25.8 Å². The summed E-state index contributed by atoms with van der Waals surface area (Å²) in [4.78, 5) is 21.7. The Balaban J connectivity index is 1.91. The first kappa shape index (κ1) is 15.2. The van der Waals surface area contributed by atoms with Crippen molar-refractivity contribution in [3.8, 4) is 5.75 Å². The van der Waals surface area contributed by atoms with E-state index in [0.717, 1.165) is 12.8 Å². The van der Waals surface area contributed by atoms with Crippen molar-refractivity contribution in [1.29, 1.82) is 0 Å². The summed E-state index contributed by atoms with van der Waals surface area (Å²) < 4.78 is 5.56. The first-order chi connectivity index (χ1) is 9.99. The van der Waals surface area contributed by atoms with Gasteiger partial charge in [-0.3, -0.25) is 14.9 Å². The first-order valence-electron chi connectivity index (χ1n) is 6.91. The highest BCUT2D eigenvalue weighted by Gasteiger charge is 2.27. The van der Waals surface area contributed by atoms with E-state index in [0.29, 0.717) is 23.8 Å². The lowest BCUT2D eigenvalue weighted by Crippen LogP contribution is -2.43. The molecular formula is C14H19N3O4. The molecule has 1 aliphatic carbocycles. The Kier molecular flexibility index (Phi) is 4.74. The molecule has 0 aromatic heterocycles. The average Bonchev–Trinajstić information content (AvgIpc) is 3.23. The highest BCUT2D eigenvalue weighted by Crippen LogP contribution is 2.27. The van der Waals surface area contributed by atoms with Gasteiger partial charge in [0.05, 0.1) is 23.1 Å². The molecule has 1 amide bonds. The van der Waals surface area contributed by atoms with Crippen molar-refractivity contribution in [2.24, 2.45) is 5.73 Å². The monoisotopic (exact) mass is 293 g/mol. The summed E-state index contributed by atoms with van der Waals surface area (Å²) in [6.45, 7) is 1.91. The van der Waals surface area contributed by atoms with E-state index in [-0.39, 0.29) is 12.3 Å². The molecule has 1 fully saturated rings. The number of nitro benzene ring substituents is 1. The largest absolute Gasteiger partial charge is 0.493 e. The van der Waals surface area contributed by atoms with Crippen LogP contribution < -0.4 is 15.8 Å². The molecule has 7 heteroatoms. The number of carbonyl (C=O) groups is 1. The molecule has 1 unspecified atom stereocenters. The third-order valence-corrected chi connectivity index (χ3v) is 3.47. The molecule has 0 radical (unpaired) electrons. The number of nitro groups is 1. The van der Waals surface area contributed by atoms with Crippen molar-refractivity contribution in [3.05, 3.63) is 33.9 Å². The fraction of sp³-hybridized carbons (Fsp3) is 0.500. The van der Waals surface area contributed by atoms with Crippen LogP contribution in [0.5, 0.6) is 5.75 Å². The maximum Gasteiger partial charge on any atom is 0.276 e. The highest BCUT2D eigenvalue weighted by atomic mass is 16.6. The summed E-state index contributed by atoms with van der Waals surface area (Å²) in [7, 11) is 0. The summed E-state index contributed by atoms with van der Waals surface area (Å²) in [5, 5.41) is 14.0. The number of primary amides is 1. The van der Waals surface area contributed by atoms with E-state index >= 15 is 0 Å². The van der Waals surface area contributed by atoms with Gasteiger partial charge in [0.25, 0.3) is 5.69 Å². The second-order valence-corrected chi connectivity index (χ2v) is 5.19. The van der Waals surface area contributed by atoms with Crippen LogP contribution in [-0.4, -0.2) is 29.5 Å². The highest BCUT2D eigenvalue weighted by molar-refractivity contribution is 5.79.